The van der Waals surface area contributed by atoms with Crippen LogP contribution in [0.25, 0.3) is 0 Å². The van der Waals surface area contributed by atoms with E-state index in [9.17, 15) is 0 Å². The van der Waals surface area contributed by atoms with Gasteiger partial charge in [0.05, 0.1) is 10.6 Å². The summed E-state index contributed by atoms with van der Waals surface area (Å²) >= 11 is 14.4. The van der Waals surface area contributed by atoms with Crippen LogP contribution in [0.2, 0.25) is 5.02 Å². The van der Waals surface area contributed by atoms with E-state index in [2.05, 4.69) is 15.9 Å². The largest absolute Gasteiger partial charge is 0.455 e. The molecular weight excluding hydrogens is 334 g/mol. The molecule has 92 valence electrons. The Morgan fingerprint density at radius 2 is 1.89 bits per heavy atom. The highest BCUT2D eigenvalue weighted by atomic mass is 79.9. The van der Waals surface area contributed by atoms with E-state index in [-0.39, 0.29) is 4.99 Å². The highest BCUT2D eigenvalue weighted by Crippen LogP contribution is 2.33. The van der Waals surface area contributed by atoms with E-state index in [1.165, 1.54) is 0 Å². The lowest BCUT2D eigenvalue weighted by Crippen LogP contribution is -2.10. The monoisotopic (exact) mass is 341 g/mol. The van der Waals surface area contributed by atoms with Crippen molar-refractivity contribution in [2.45, 2.75) is 0 Å². The highest BCUT2D eigenvalue weighted by Gasteiger charge is 2.09. The molecule has 0 radical (unpaired) electrons. The minimum Gasteiger partial charge on any atom is -0.455 e. The van der Waals surface area contributed by atoms with Gasteiger partial charge in [0.2, 0.25) is 0 Å². The van der Waals surface area contributed by atoms with Crippen LogP contribution in [0, 0.1) is 0 Å². The smallest absolute Gasteiger partial charge is 0.147 e. The van der Waals surface area contributed by atoms with E-state index in [0.717, 1.165) is 4.47 Å². The second-order valence-electron chi connectivity index (χ2n) is 3.54. The number of para-hydroxylation sites is 1. The van der Waals surface area contributed by atoms with Crippen molar-refractivity contribution in [3.8, 4) is 11.5 Å². The molecule has 0 amide bonds. The number of benzene rings is 2. The number of hydrogen-bond donors (Lipinski definition) is 1. The van der Waals surface area contributed by atoms with Gasteiger partial charge >= 0.3 is 0 Å². The average molecular weight is 343 g/mol. The van der Waals surface area contributed by atoms with Crippen LogP contribution in [0.5, 0.6) is 11.5 Å². The SMILES string of the molecule is NC(=S)c1ccccc1Oc1cc(Br)ccc1Cl. The van der Waals surface area contributed by atoms with Crippen LogP contribution in [0.3, 0.4) is 0 Å². The number of rotatable bonds is 3. The van der Waals surface area contributed by atoms with Gasteiger partial charge in [0.15, 0.2) is 0 Å². The quantitative estimate of drug-likeness (QED) is 0.832. The van der Waals surface area contributed by atoms with Crippen molar-refractivity contribution < 1.29 is 4.74 Å². The summed E-state index contributed by atoms with van der Waals surface area (Å²) in [6.45, 7) is 0. The third-order valence-corrected chi connectivity index (χ3v) is 3.29. The first-order chi connectivity index (χ1) is 8.58. The maximum Gasteiger partial charge on any atom is 0.147 e. The molecule has 0 aromatic heterocycles. The summed E-state index contributed by atoms with van der Waals surface area (Å²) in [5.74, 6) is 1.14. The van der Waals surface area contributed by atoms with Crippen LogP contribution in [-0.2, 0) is 0 Å². The highest BCUT2D eigenvalue weighted by molar-refractivity contribution is 9.10. The van der Waals surface area contributed by atoms with Crippen molar-refractivity contribution in [1.29, 1.82) is 0 Å². The zero-order chi connectivity index (χ0) is 13.1. The molecule has 0 atom stereocenters. The first kappa shape index (κ1) is 13.3. The molecule has 0 fully saturated rings. The molecule has 0 bridgehead atoms. The van der Waals surface area contributed by atoms with E-state index >= 15 is 0 Å². The van der Waals surface area contributed by atoms with Gasteiger partial charge in [-0.2, -0.15) is 0 Å². The number of hydrogen-bond acceptors (Lipinski definition) is 2. The third kappa shape index (κ3) is 3.02. The molecule has 0 unspecified atom stereocenters. The van der Waals surface area contributed by atoms with Gasteiger partial charge in [0.1, 0.15) is 16.5 Å². The van der Waals surface area contributed by atoms with Crippen molar-refractivity contribution in [3.63, 3.8) is 0 Å². The Morgan fingerprint density at radius 1 is 1.17 bits per heavy atom. The Morgan fingerprint density at radius 3 is 2.61 bits per heavy atom. The fraction of sp³-hybridized carbons (Fsp3) is 0. The molecule has 2 nitrogen and oxygen atoms in total. The average Bonchev–Trinajstić information content (AvgIpc) is 2.34. The lowest BCUT2D eigenvalue weighted by molar-refractivity contribution is 0.481. The minimum absolute atomic E-state index is 0.289. The Hall–Kier alpha value is -1.10. The molecule has 18 heavy (non-hydrogen) atoms. The Balaban J connectivity index is 2.40. The van der Waals surface area contributed by atoms with Gasteiger partial charge in [-0.1, -0.05) is 51.9 Å². The van der Waals surface area contributed by atoms with Gasteiger partial charge in [0.25, 0.3) is 0 Å². The van der Waals surface area contributed by atoms with Gasteiger partial charge in [-0.3, -0.25) is 0 Å². The molecule has 0 aliphatic rings. The van der Waals surface area contributed by atoms with Crippen LogP contribution >= 0.6 is 39.7 Å². The molecule has 0 spiro atoms. The van der Waals surface area contributed by atoms with Gasteiger partial charge in [-0.15, -0.1) is 0 Å². The first-order valence-electron chi connectivity index (χ1n) is 5.09. The summed E-state index contributed by atoms with van der Waals surface area (Å²) in [4.78, 5) is 0.289. The fourth-order valence-electron chi connectivity index (χ4n) is 1.43. The van der Waals surface area contributed by atoms with Gasteiger partial charge in [-0.25, -0.2) is 0 Å². The van der Waals surface area contributed by atoms with Crippen molar-refractivity contribution in [2.75, 3.05) is 0 Å². The molecule has 0 aliphatic heterocycles. The summed E-state index contributed by atoms with van der Waals surface area (Å²) in [6, 6.07) is 12.7. The first-order valence-corrected chi connectivity index (χ1v) is 6.67. The summed E-state index contributed by atoms with van der Waals surface area (Å²) < 4.78 is 6.64. The topological polar surface area (TPSA) is 35.2 Å². The summed E-state index contributed by atoms with van der Waals surface area (Å²) in [5.41, 5.74) is 6.33. The predicted molar refractivity (Wildman–Crippen MR) is 81.6 cm³/mol. The predicted octanol–water partition coefficient (Wildman–Crippen LogP) is 4.53. The van der Waals surface area contributed by atoms with Crippen molar-refractivity contribution in [2.24, 2.45) is 5.73 Å². The summed E-state index contributed by atoms with van der Waals surface area (Å²) in [7, 11) is 0. The van der Waals surface area contributed by atoms with Crippen LogP contribution in [-0.4, -0.2) is 4.99 Å². The molecular formula is C13H9BrClNOS. The van der Waals surface area contributed by atoms with E-state index in [1.54, 1.807) is 18.2 Å². The minimum atomic E-state index is 0.289. The lowest BCUT2D eigenvalue weighted by atomic mass is 10.2. The van der Waals surface area contributed by atoms with E-state index in [0.29, 0.717) is 22.1 Å². The van der Waals surface area contributed by atoms with Gasteiger partial charge in [-0.05, 0) is 30.3 Å². The standard InChI is InChI=1S/C13H9BrClNOS/c14-8-5-6-10(15)12(7-8)17-11-4-2-1-3-9(11)13(16)18/h1-7H,(H2,16,18). The number of thiocarbonyl (C=S) groups is 1. The van der Waals surface area contributed by atoms with E-state index in [4.69, 9.17) is 34.3 Å². The second-order valence-corrected chi connectivity index (χ2v) is 5.30. The molecule has 2 aromatic rings. The van der Waals surface area contributed by atoms with Crippen molar-refractivity contribution >= 4 is 44.7 Å². The van der Waals surface area contributed by atoms with Crippen LogP contribution in [0.1, 0.15) is 5.56 Å². The van der Waals surface area contributed by atoms with Gasteiger partial charge < -0.3 is 10.5 Å². The molecule has 0 saturated carbocycles. The molecule has 5 heteroatoms. The van der Waals surface area contributed by atoms with Crippen molar-refractivity contribution in [1.82, 2.24) is 0 Å². The second kappa shape index (κ2) is 5.69. The molecule has 0 heterocycles. The maximum atomic E-state index is 6.07. The van der Waals surface area contributed by atoms with E-state index < -0.39 is 0 Å². The lowest BCUT2D eigenvalue weighted by Gasteiger charge is -2.11. The number of ether oxygens (including phenoxy) is 1. The Kier molecular flexibility index (Phi) is 4.22. The zero-order valence-corrected chi connectivity index (χ0v) is 12.3. The Bertz CT molecular complexity index is 603. The van der Waals surface area contributed by atoms with Crippen LogP contribution in [0.15, 0.2) is 46.9 Å². The normalized spacial score (nSPS) is 10.1. The molecule has 2 aromatic carbocycles. The fourth-order valence-corrected chi connectivity index (χ4v) is 2.10. The molecule has 0 saturated heterocycles. The molecule has 2 rings (SSSR count). The number of nitrogens with two attached hydrogens (primary N) is 1. The Labute approximate surface area is 124 Å². The maximum absolute atomic E-state index is 6.07. The van der Waals surface area contributed by atoms with E-state index in [1.807, 2.05) is 24.3 Å². The zero-order valence-electron chi connectivity index (χ0n) is 9.19. The van der Waals surface area contributed by atoms with Gasteiger partial charge in [0, 0.05) is 4.47 Å². The van der Waals surface area contributed by atoms with Crippen LogP contribution < -0.4 is 10.5 Å². The summed E-state index contributed by atoms with van der Waals surface area (Å²) in [6.07, 6.45) is 0. The third-order valence-electron chi connectivity index (χ3n) is 2.27. The summed E-state index contributed by atoms with van der Waals surface area (Å²) in [5, 5.41) is 0.524. The van der Waals surface area contributed by atoms with Crippen molar-refractivity contribution in [3.05, 3.63) is 57.5 Å². The molecule has 0 aliphatic carbocycles. The number of halogens is 2. The van der Waals surface area contributed by atoms with Crippen LogP contribution in [0.4, 0.5) is 0 Å². The molecule has 2 N–H and O–H groups in total.